The van der Waals surface area contributed by atoms with E-state index in [1.807, 2.05) is 26.0 Å². The molecule has 2 rings (SSSR count). The summed E-state index contributed by atoms with van der Waals surface area (Å²) in [6.07, 6.45) is 3.81. The van der Waals surface area contributed by atoms with Crippen molar-refractivity contribution in [1.29, 1.82) is 0 Å². The molecule has 18 heavy (non-hydrogen) atoms. The predicted molar refractivity (Wildman–Crippen MR) is 86.2 cm³/mol. The van der Waals surface area contributed by atoms with Crippen molar-refractivity contribution in [2.75, 3.05) is 0 Å². The average molecular weight is 240 g/mol. The molecule has 0 N–H and O–H groups in total. The fourth-order valence-corrected chi connectivity index (χ4v) is 1.92. The van der Waals surface area contributed by atoms with Crippen LogP contribution in [-0.2, 0) is 0 Å². The van der Waals surface area contributed by atoms with Crippen molar-refractivity contribution in [1.82, 2.24) is 0 Å². The van der Waals surface area contributed by atoms with Gasteiger partial charge in [0, 0.05) is 0 Å². The number of benzene rings is 2. The highest BCUT2D eigenvalue weighted by molar-refractivity contribution is 5.86. The Hall–Kier alpha value is -1.82. The Kier molecular flexibility index (Phi) is 6.74. The summed E-state index contributed by atoms with van der Waals surface area (Å²) in [6.45, 7) is 14.0. The SMILES string of the molecule is C.C=C/C=c1/cc(C)c2ccccc2c1=C.CC. The van der Waals surface area contributed by atoms with E-state index in [0.29, 0.717) is 0 Å². The Morgan fingerprint density at radius 2 is 1.61 bits per heavy atom. The lowest BCUT2D eigenvalue weighted by atomic mass is 10.0. The molecule has 0 aliphatic rings. The molecule has 0 fully saturated rings. The van der Waals surface area contributed by atoms with Crippen molar-refractivity contribution in [3.05, 3.63) is 59.0 Å². The van der Waals surface area contributed by atoms with Crippen LogP contribution >= 0.6 is 0 Å². The first-order chi connectivity index (χ1) is 8.24. The average Bonchev–Trinajstić information content (AvgIpc) is 2.38. The maximum Gasteiger partial charge on any atom is -0.0109 e. The summed E-state index contributed by atoms with van der Waals surface area (Å²) in [7, 11) is 0. The van der Waals surface area contributed by atoms with Crippen molar-refractivity contribution in [2.45, 2.75) is 28.2 Å². The summed E-state index contributed by atoms with van der Waals surface area (Å²) in [5.41, 5.74) is 1.28. The van der Waals surface area contributed by atoms with E-state index in [4.69, 9.17) is 0 Å². The molecule has 2 aromatic rings. The first-order valence-corrected chi connectivity index (χ1v) is 6.04. The van der Waals surface area contributed by atoms with Gasteiger partial charge in [0.05, 0.1) is 0 Å². The maximum absolute atomic E-state index is 4.13. The maximum atomic E-state index is 4.13. The number of rotatable bonds is 1. The van der Waals surface area contributed by atoms with Gasteiger partial charge in [0.15, 0.2) is 0 Å². The molecule has 0 amide bonds. The topological polar surface area (TPSA) is 0 Å². The van der Waals surface area contributed by atoms with Gasteiger partial charge in [-0.05, 0) is 33.7 Å². The van der Waals surface area contributed by atoms with Crippen LogP contribution in [0.3, 0.4) is 0 Å². The van der Waals surface area contributed by atoms with Crippen LogP contribution in [-0.4, -0.2) is 0 Å². The van der Waals surface area contributed by atoms with Crippen LogP contribution in [0.4, 0.5) is 0 Å². The third-order valence-electron chi connectivity index (χ3n) is 2.69. The van der Waals surface area contributed by atoms with Gasteiger partial charge in [0.1, 0.15) is 0 Å². The number of hydrogen-bond acceptors (Lipinski definition) is 0. The number of allylic oxidation sites excluding steroid dienone is 1. The van der Waals surface area contributed by atoms with Gasteiger partial charge in [0.2, 0.25) is 0 Å². The van der Waals surface area contributed by atoms with E-state index >= 15 is 0 Å². The Morgan fingerprint density at radius 3 is 2.17 bits per heavy atom. The summed E-state index contributed by atoms with van der Waals surface area (Å²) in [5, 5.41) is 4.74. The molecule has 0 aliphatic carbocycles. The van der Waals surface area contributed by atoms with Gasteiger partial charge in [-0.1, -0.05) is 76.9 Å². The molecule has 0 saturated carbocycles. The first kappa shape index (κ1) is 16.2. The van der Waals surface area contributed by atoms with Crippen LogP contribution in [0.2, 0.25) is 0 Å². The van der Waals surface area contributed by atoms with Gasteiger partial charge in [0.25, 0.3) is 0 Å². The molecule has 0 bridgehead atoms. The summed E-state index contributed by atoms with van der Waals surface area (Å²) in [6, 6.07) is 10.5. The van der Waals surface area contributed by atoms with Gasteiger partial charge in [-0.25, -0.2) is 0 Å². The van der Waals surface area contributed by atoms with E-state index < -0.39 is 0 Å². The van der Waals surface area contributed by atoms with E-state index in [-0.39, 0.29) is 7.43 Å². The second kappa shape index (κ2) is 7.50. The molecule has 96 valence electrons. The van der Waals surface area contributed by atoms with Crippen molar-refractivity contribution in [2.24, 2.45) is 0 Å². The summed E-state index contributed by atoms with van der Waals surface area (Å²) in [5.74, 6) is 0. The highest BCUT2D eigenvalue weighted by Gasteiger charge is 1.97. The molecule has 0 radical (unpaired) electrons. The van der Waals surface area contributed by atoms with E-state index in [1.54, 1.807) is 6.08 Å². The van der Waals surface area contributed by atoms with Crippen LogP contribution in [0.15, 0.2) is 43.0 Å². The van der Waals surface area contributed by atoms with E-state index in [9.17, 15) is 0 Å². The van der Waals surface area contributed by atoms with Crippen LogP contribution in [0.25, 0.3) is 23.4 Å². The fraction of sp³-hybridized carbons (Fsp3) is 0.222. The van der Waals surface area contributed by atoms with Gasteiger partial charge in [-0.3, -0.25) is 0 Å². The number of aryl methyl sites for hydroxylation is 1. The summed E-state index contributed by atoms with van der Waals surface area (Å²) in [4.78, 5) is 0. The minimum Gasteiger partial charge on any atom is -0.0990 e. The molecule has 0 spiro atoms. The predicted octanol–water partition coefficient (Wildman–Crippen LogP) is 4.19. The molecular weight excluding hydrogens is 216 g/mol. The summed E-state index contributed by atoms with van der Waals surface area (Å²) >= 11 is 0. The van der Waals surface area contributed by atoms with Crippen molar-refractivity contribution in [3.8, 4) is 0 Å². The van der Waals surface area contributed by atoms with Crippen LogP contribution < -0.4 is 10.4 Å². The highest BCUT2D eigenvalue weighted by atomic mass is 14.0. The largest absolute Gasteiger partial charge is 0.0990 e. The molecule has 0 heterocycles. The van der Waals surface area contributed by atoms with Gasteiger partial charge in [-0.2, -0.15) is 0 Å². The molecule has 2 aromatic carbocycles. The zero-order valence-corrected chi connectivity index (χ0v) is 11.0. The van der Waals surface area contributed by atoms with Gasteiger partial charge in [-0.15, -0.1) is 0 Å². The minimum atomic E-state index is 0. The van der Waals surface area contributed by atoms with Crippen LogP contribution in [0, 0.1) is 6.92 Å². The standard InChI is InChI=1S/C15H14.C2H6.CH4/c1-4-7-13-10-11(2)14-8-5-6-9-15(14)12(13)3;1-2;/h4-10H,1,3H2,2H3;1-2H3;1H4/b13-7-;;. The molecule has 0 saturated heterocycles. The zero-order chi connectivity index (χ0) is 12.8. The monoisotopic (exact) mass is 240 g/mol. The second-order valence-electron chi connectivity index (χ2n) is 3.71. The third-order valence-corrected chi connectivity index (χ3v) is 2.69. The first-order valence-electron chi connectivity index (χ1n) is 6.04. The number of fused-ring (bicyclic) bond motifs is 1. The Morgan fingerprint density at radius 1 is 1.06 bits per heavy atom. The zero-order valence-electron chi connectivity index (χ0n) is 11.0. The smallest absolute Gasteiger partial charge is 0.0109 e. The molecule has 0 aliphatic heterocycles. The molecular formula is C18H24. The van der Waals surface area contributed by atoms with Crippen LogP contribution in [0.1, 0.15) is 26.8 Å². The molecule has 0 heteroatoms. The van der Waals surface area contributed by atoms with E-state index in [2.05, 4.69) is 44.3 Å². The third kappa shape index (κ3) is 3.10. The van der Waals surface area contributed by atoms with E-state index in [0.717, 1.165) is 10.4 Å². The summed E-state index contributed by atoms with van der Waals surface area (Å²) < 4.78 is 0. The van der Waals surface area contributed by atoms with Crippen molar-refractivity contribution in [3.63, 3.8) is 0 Å². The normalized spacial score (nSPS) is 10.3. The Labute approximate surface area is 111 Å². The molecule has 0 atom stereocenters. The lowest BCUT2D eigenvalue weighted by Gasteiger charge is -2.02. The lowest BCUT2D eigenvalue weighted by molar-refractivity contribution is 1.47. The van der Waals surface area contributed by atoms with Crippen molar-refractivity contribution >= 4 is 23.4 Å². The fourth-order valence-electron chi connectivity index (χ4n) is 1.92. The quantitative estimate of drug-likeness (QED) is 0.701. The minimum absolute atomic E-state index is 0. The van der Waals surface area contributed by atoms with Crippen molar-refractivity contribution < 1.29 is 0 Å². The highest BCUT2D eigenvalue weighted by Crippen LogP contribution is 2.11. The number of hydrogen-bond donors (Lipinski definition) is 0. The second-order valence-corrected chi connectivity index (χ2v) is 3.71. The van der Waals surface area contributed by atoms with Gasteiger partial charge < -0.3 is 0 Å². The van der Waals surface area contributed by atoms with E-state index in [1.165, 1.54) is 16.3 Å². The van der Waals surface area contributed by atoms with Gasteiger partial charge >= 0.3 is 0 Å². The Balaban J connectivity index is 0.000000917. The van der Waals surface area contributed by atoms with Crippen LogP contribution in [0.5, 0.6) is 0 Å². The molecule has 0 unspecified atom stereocenters. The lowest BCUT2D eigenvalue weighted by Crippen LogP contribution is -2.24. The Bertz CT molecular complexity index is 618. The molecule has 0 nitrogen and oxygen atoms in total. The molecule has 0 aromatic heterocycles.